The van der Waals surface area contributed by atoms with Crippen molar-refractivity contribution in [1.82, 2.24) is 0 Å². The molecule has 0 spiro atoms. The van der Waals surface area contributed by atoms with Crippen LogP contribution < -0.4 is 0 Å². The summed E-state index contributed by atoms with van der Waals surface area (Å²) in [6, 6.07) is 45.7. The Balaban J connectivity index is 1.89. The average Bonchev–Trinajstić information content (AvgIpc) is 3.05. The molecule has 0 saturated carbocycles. The van der Waals surface area contributed by atoms with Gasteiger partial charge in [-0.15, -0.1) is 0 Å². The van der Waals surface area contributed by atoms with Gasteiger partial charge in [-0.2, -0.15) is 0 Å². The van der Waals surface area contributed by atoms with Crippen molar-refractivity contribution < 1.29 is 0 Å². The van der Waals surface area contributed by atoms with Gasteiger partial charge in [0.1, 0.15) is 0 Å². The molecule has 216 valence electrons. The van der Waals surface area contributed by atoms with E-state index in [2.05, 4.69) is 142 Å². The van der Waals surface area contributed by atoms with Crippen LogP contribution in [0.2, 0.25) is 0 Å². The summed E-state index contributed by atoms with van der Waals surface area (Å²) in [5.74, 6) is 0. The van der Waals surface area contributed by atoms with Crippen molar-refractivity contribution in [1.29, 1.82) is 0 Å². The van der Waals surface area contributed by atoms with E-state index in [0.717, 1.165) is 6.42 Å². The fourth-order valence-corrected chi connectivity index (χ4v) is 13.0. The number of hydrogen-bond acceptors (Lipinski definition) is 0. The Morgan fingerprint density at radius 2 is 0.829 bits per heavy atom. The zero-order valence-electron chi connectivity index (χ0n) is 25.8. The monoisotopic (exact) mass is 563 g/mol. The van der Waals surface area contributed by atoms with Crippen molar-refractivity contribution in [2.24, 2.45) is 0 Å². The quantitative estimate of drug-likeness (QED) is 0.0885. The highest BCUT2D eigenvalue weighted by Gasteiger charge is 2.46. The summed E-state index contributed by atoms with van der Waals surface area (Å²) in [7, 11) is -1.24. The molecular weight excluding hydrogens is 511 g/mol. The molecule has 1 heteroatoms. The molecule has 1 unspecified atom stereocenters. The summed E-state index contributed by atoms with van der Waals surface area (Å²) in [6.45, 7) is 7.16. The van der Waals surface area contributed by atoms with E-state index in [0.29, 0.717) is 5.66 Å². The van der Waals surface area contributed by atoms with Crippen molar-refractivity contribution in [2.75, 3.05) is 18.5 Å². The second kappa shape index (κ2) is 16.1. The predicted octanol–water partition coefficient (Wildman–Crippen LogP) is 12.0. The van der Waals surface area contributed by atoms with Gasteiger partial charge in [-0.25, -0.2) is 0 Å². The van der Waals surface area contributed by atoms with Gasteiger partial charge in [-0.1, -0.05) is 161 Å². The minimum atomic E-state index is -1.24. The molecule has 0 fully saturated rings. The Bertz CT molecular complexity index is 1110. The standard InChI is InChI=1S/C40H52P/c1-4-7-32-41(33-8-5-2,34-9-6-3)39(35-22-14-10-15-23-35)30-31-40(36-24-16-11-17-25-36,37-26-18-12-19-27-37)38-28-20-13-21-29-38/h10-29,39H,4-9,30-34H2,1-3H3/q+1. The van der Waals surface area contributed by atoms with Gasteiger partial charge in [0, 0.05) is 12.7 Å². The first-order valence-electron chi connectivity index (χ1n) is 16.3. The summed E-state index contributed by atoms with van der Waals surface area (Å²) in [4.78, 5) is 0. The van der Waals surface area contributed by atoms with Crippen LogP contribution in [0.15, 0.2) is 121 Å². The van der Waals surface area contributed by atoms with E-state index in [9.17, 15) is 0 Å². The van der Waals surface area contributed by atoms with Crippen LogP contribution in [0.3, 0.4) is 0 Å². The van der Waals surface area contributed by atoms with Crippen LogP contribution in [0.5, 0.6) is 0 Å². The molecule has 0 bridgehead atoms. The second-order valence-corrected chi connectivity index (χ2v) is 16.3. The third-order valence-corrected chi connectivity index (χ3v) is 14.8. The first kappa shape index (κ1) is 31.3. The van der Waals surface area contributed by atoms with Crippen molar-refractivity contribution in [3.8, 4) is 0 Å². The molecule has 0 aliphatic rings. The maximum absolute atomic E-state index is 2.46. The Labute approximate surface area is 252 Å². The lowest BCUT2D eigenvalue weighted by atomic mass is 9.66. The third kappa shape index (κ3) is 7.59. The van der Waals surface area contributed by atoms with Crippen molar-refractivity contribution >= 4 is 7.26 Å². The first-order chi connectivity index (χ1) is 20.2. The predicted molar refractivity (Wildman–Crippen MR) is 184 cm³/mol. The normalized spacial score (nSPS) is 12.8. The van der Waals surface area contributed by atoms with Crippen LogP contribution in [-0.4, -0.2) is 18.5 Å². The second-order valence-electron chi connectivity index (χ2n) is 11.9. The van der Waals surface area contributed by atoms with E-state index in [1.54, 1.807) is 5.56 Å². The Kier molecular flexibility index (Phi) is 12.3. The number of benzene rings is 4. The van der Waals surface area contributed by atoms with Gasteiger partial charge in [0.25, 0.3) is 0 Å². The number of rotatable bonds is 17. The van der Waals surface area contributed by atoms with Crippen LogP contribution >= 0.6 is 7.26 Å². The Morgan fingerprint density at radius 1 is 0.488 bits per heavy atom. The van der Waals surface area contributed by atoms with Gasteiger partial charge in [-0.3, -0.25) is 0 Å². The topological polar surface area (TPSA) is 0 Å². The van der Waals surface area contributed by atoms with E-state index in [1.165, 1.54) is 80.1 Å². The molecule has 0 nitrogen and oxygen atoms in total. The average molecular weight is 564 g/mol. The molecule has 0 aromatic heterocycles. The summed E-state index contributed by atoms with van der Waals surface area (Å²) >= 11 is 0. The maximum Gasteiger partial charge on any atom is 0.0945 e. The number of unbranched alkanes of at least 4 members (excludes halogenated alkanes) is 3. The molecular formula is C40H52P+. The summed E-state index contributed by atoms with van der Waals surface area (Å²) in [5, 5.41) is 0. The highest BCUT2D eigenvalue weighted by molar-refractivity contribution is 7.76. The lowest BCUT2D eigenvalue weighted by Crippen LogP contribution is -2.31. The molecule has 0 radical (unpaired) electrons. The minimum absolute atomic E-state index is 0.188. The van der Waals surface area contributed by atoms with Gasteiger partial charge >= 0.3 is 0 Å². The van der Waals surface area contributed by atoms with Gasteiger partial charge in [0.15, 0.2) is 0 Å². The molecule has 0 N–H and O–H groups in total. The van der Waals surface area contributed by atoms with Gasteiger partial charge < -0.3 is 0 Å². The molecule has 0 saturated heterocycles. The van der Waals surface area contributed by atoms with Crippen molar-refractivity contribution in [3.63, 3.8) is 0 Å². The van der Waals surface area contributed by atoms with E-state index in [4.69, 9.17) is 0 Å². The zero-order valence-corrected chi connectivity index (χ0v) is 26.7. The molecule has 41 heavy (non-hydrogen) atoms. The smallest absolute Gasteiger partial charge is 0.0652 e. The molecule has 0 aliphatic heterocycles. The first-order valence-corrected chi connectivity index (χ1v) is 18.7. The summed E-state index contributed by atoms with van der Waals surface area (Å²) < 4.78 is 0. The van der Waals surface area contributed by atoms with E-state index >= 15 is 0 Å². The van der Waals surface area contributed by atoms with E-state index in [-0.39, 0.29) is 5.41 Å². The molecule has 0 aliphatic carbocycles. The highest BCUT2D eigenvalue weighted by Crippen LogP contribution is 2.73. The lowest BCUT2D eigenvalue weighted by Gasteiger charge is -2.40. The lowest BCUT2D eigenvalue weighted by molar-refractivity contribution is 0.524. The third-order valence-electron chi connectivity index (χ3n) is 9.31. The molecule has 0 amide bonds. The molecule has 0 heterocycles. The summed E-state index contributed by atoms with van der Waals surface area (Å²) in [5.41, 5.74) is 6.26. The van der Waals surface area contributed by atoms with Crippen LogP contribution in [0.25, 0.3) is 0 Å². The fraction of sp³-hybridized carbons (Fsp3) is 0.400. The maximum atomic E-state index is 2.46. The Hall–Kier alpha value is -2.69. The minimum Gasteiger partial charge on any atom is -0.0652 e. The number of hydrogen-bond donors (Lipinski definition) is 0. The van der Waals surface area contributed by atoms with E-state index < -0.39 is 7.26 Å². The Morgan fingerprint density at radius 3 is 1.17 bits per heavy atom. The van der Waals surface area contributed by atoms with Gasteiger partial charge in [0.2, 0.25) is 0 Å². The molecule has 4 aromatic carbocycles. The van der Waals surface area contributed by atoms with Crippen LogP contribution in [0.1, 0.15) is 100 Å². The largest absolute Gasteiger partial charge is 0.0945 e. The van der Waals surface area contributed by atoms with Crippen LogP contribution in [0.4, 0.5) is 0 Å². The summed E-state index contributed by atoms with van der Waals surface area (Å²) in [6.07, 6.45) is 14.6. The van der Waals surface area contributed by atoms with Gasteiger partial charge in [-0.05, 0) is 54.4 Å². The van der Waals surface area contributed by atoms with Crippen molar-refractivity contribution in [3.05, 3.63) is 144 Å². The van der Waals surface area contributed by atoms with Crippen molar-refractivity contribution in [2.45, 2.75) is 83.2 Å². The molecule has 4 aromatic rings. The van der Waals surface area contributed by atoms with Crippen LogP contribution in [0, 0.1) is 0 Å². The molecule has 4 rings (SSSR count). The zero-order chi connectivity index (χ0) is 28.8. The van der Waals surface area contributed by atoms with E-state index in [1.807, 2.05) is 0 Å². The molecule has 1 atom stereocenters. The fourth-order valence-electron chi connectivity index (χ4n) is 7.11. The van der Waals surface area contributed by atoms with Crippen LogP contribution in [-0.2, 0) is 5.41 Å². The highest BCUT2D eigenvalue weighted by atomic mass is 31.2. The SMILES string of the molecule is CCCC[P+](CCCC)(CCCC)C(CCC(c1ccccc1)(c1ccccc1)c1ccccc1)c1ccccc1. The van der Waals surface area contributed by atoms with Gasteiger partial charge in [0.05, 0.1) is 24.1 Å².